The molecule has 2 rings (SSSR count). The van der Waals surface area contributed by atoms with Crippen LogP contribution < -0.4 is 10.0 Å². The lowest BCUT2D eigenvalue weighted by molar-refractivity contribution is 0.573. The lowest BCUT2D eigenvalue weighted by atomic mass is 10.2. The van der Waals surface area contributed by atoms with Crippen LogP contribution in [-0.2, 0) is 16.6 Å². The normalized spacial score (nSPS) is 22.4. The average molecular weight is 299 g/mol. The molecule has 1 aromatic rings. The summed E-state index contributed by atoms with van der Waals surface area (Å²) in [4.78, 5) is 3.35. The number of nitrogens with one attached hydrogen (secondary N) is 3. The highest BCUT2D eigenvalue weighted by Gasteiger charge is 2.39. The number of hydrogen-bond acceptors (Lipinski definition) is 3. The standard InChI is InChI=1S/C14H25N3O2S/c1-4-5-11-6-14(11)17-20(18,19)13-7-12(16-9-13)8-15-10(2)3/h7,9-11,14-17H,4-6,8H2,1-3H3. The maximum atomic E-state index is 12.2. The monoisotopic (exact) mass is 299 g/mol. The Morgan fingerprint density at radius 2 is 2.20 bits per heavy atom. The SMILES string of the molecule is CCCC1CC1NS(=O)(=O)c1c[nH]c(CNC(C)C)c1. The molecule has 20 heavy (non-hydrogen) atoms. The molecule has 0 aliphatic heterocycles. The van der Waals surface area contributed by atoms with E-state index >= 15 is 0 Å². The van der Waals surface area contributed by atoms with Crippen molar-refractivity contribution < 1.29 is 8.42 Å². The zero-order valence-corrected chi connectivity index (χ0v) is 13.3. The molecule has 1 aliphatic rings. The Labute approximate surface area is 121 Å². The predicted molar refractivity (Wildman–Crippen MR) is 79.9 cm³/mol. The third-order valence-electron chi connectivity index (χ3n) is 3.62. The summed E-state index contributed by atoms with van der Waals surface area (Å²) in [6.45, 7) is 6.89. The number of aromatic nitrogens is 1. The second kappa shape index (κ2) is 6.28. The highest BCUT2D eigenvalue weighted by molar-refractivity contribution is 7.89. The Bertz CT molecular complexity index is 536. The van der Waals surface area contributed by atoms with E-state index in [0.29, 0.717) is 23.4 Å². The molecule has 2 unspecified atom stereocenters. The lowest BCUT2D eigenvalue weighted by Gasteiger charge is -2.05. The van der Waals surface area contributed by atoms with Crippen molar-refractivity contribution in [3.8, 4) is 0 Å². The van der Waals surface area contributed by atoms with Gasteiger partial charge in [-0.05, 0) is 24.8 Å². The smallest absolute Gasteiger partial charge is 0.242 e. The highest BCUT2D eigenvalue weighted by atomic mass is 32.2. The number of hydrogen-bond donors (Lipinski definition) is 3. The largest absolute Gasteiger partial charge is 0.363 e. The first-order chi connectivity index (χ1) is 9.42. The van der Waals surface area contributed by atoms with E-state index in [4.69, 9.17) is 0 Å². The van der Waals surface area contributed by atoms with Crippen LogP contribution in [0.15, 0.2) is 17.2 Å². The van der Waals surface area contributed by atoms with E-state index < -0.39 is 10.0 Å². The second-order valence-electron chi connectivity index (χ2n) is 5.91. The van der Waals surface area contributed by atoms with Crippen molar-refractivity contribution in [2.75, 3.05) is 0 Å². The molecule has 5 nitrogen and oxygen atoms in total. The van der Waals surface area contributed by atoms with Crippen molar-refractivity contribution in [3.63, 3.8) is 0 Å². The summed E-state index contributed by atoms with van der Waals surface area (Å²) in [7, 11) is -3.38. The molecule has 6 heteroatoms. The number of rotatable bonds is 8. The van der Waals surface area contributed by atoms with Gasteiger partial charge < -0.3 is 10.3 Å². The van der Waals surface area contributed by atoms with E-state index in [2.05, 4.69) is 35.8 Å². The van der Waals surface area contributed by atoms with Crippen LogP contribution in [0.3, 0.4) is 0 Å². The van der Waals surface area contributed by atoms with E-state index in [1.54, 1.807) is 12.3 Å². The maximum Gasteiger partial charge on any atom is 0.242 e. The van der Waals surface area contributed by atoms with Crippen LogP contribution in [0, 0.1) is 5.92 Å². The Balaban J connectivity index is 1.93. The Hall–Kier alpha value is -0.850. The van der Waals surface area contributed by atoms with Gasteiger partial charge in [-0.3, -0.25) is 0 Å². The number of sulfonamides is 1. The molecule has 0 amide bonds. The first kappa shape index (κ1) is 15.5. The van der Waals surface area contributed by atoms with Crippen LogP contribution in [0.25, 0.3) is 0 Å². The molecule has 1 saturated carbocycles. The summed E-state index contributed by atoms with van der Waals surface area (Å²) in [5.41, 5.74) is 0.889. The van der Waals surface area contributed by atoms with Gasteiger partial charge in [-0.1, -0.05) is 27.2 Å². The van der Waals surface area contributed by atoms with Crippen LogP contribution >= 0.6 is 0 Å². The molecule has 2 atom stereocenters. The summed E-state index contributed by atoms with van der Waals surface area (Å²) >= 11 is 0. The predicted octanol–water partition coefficient (Wildman–Crippen LogP) is 1.98. The molecule has 0 aromatic carbocycles. The fourth-order valence-electron chi connectivity index (χ4n) is 2.34. The maximum absolute atomic E-state index is 12.2. The van der Waals surface area contributed by atoms with Crippen molar-refractivity contribution >= 4 is 10.0 Å². The quantitative estimate of drug-likeness (QED) is 0.687. The fourth-order valence-corrected chi connectivity index (χ4v) is 3.67. The second-order valence-corrected chi connectivity index (χ2v) is 7.62. The molecule has 1 heterocycles. The number of aromatic amines is 1. The van der Waals surface area contributed by atoms with Crippen LogP contribution in [-0.4, -0.2) is 25.5 Å². The summed E-state index contributed by atoms with van der Waals surface area (Å²) in [5, 5.41) is 3.26. The number of H-pyrrole nitrogens is 1. The lowest BCUT2D eigenvalue weighted by Crippen LogP contribution is -2.26. The molecule has 1 fully saturated rings. The molecule has 1 aromatic heterocycles. The summed E-state index contributed by atoms with van der Waals surface area (Å²) in [5.74, 6) is 0.524. The van der Waals surface area contributed by atoms with Gasteiger partial charge in [0.25, 0.3) is 0 Å². The minimum Gasteiger partial charge on any atom is -0.363 e. The minimum absolute atomic E-state index is 0.132. The van der Waals surface area contributed by atoms with Gasteiger partial charge in [0.05, 0.1) is 4.90 Å². The molecule has 0 bridgehead atoms. The first-order valence-corrected chi connectivity index (χ1v) is 8.83. The van der Waals surface area contributed by atoms with Crippen LogP contribution in [0.4, 0.5) is 0 Å². The van der Waals surface area contributed by atoms with Crippen LogP contribution in [0.1, 0.15) is 45.7 Å². The van der Waals surface area contributed by atoms with Crippen molar-refractivity contribution in [3.05, 3.63) is 18.0 Å². The Kier molecular flexibility index (Phi) is 4.88. The van der Waals surface area contributed by atoms with Gasteiger partial charge in [0.15, 0.2) is 0 Å². The average Bonchev–Trinajstić information content (AvgIpc) is 2.91. The summed E-state index contributed by atoms with van der Waals surface area (Å²) < 4.78 is 27.3. The molecule has 1 aliphatic carbocycles. The first-order valence-electron chi connectivity index (χ1n) is 7.35. The molecule has 0 spiro atoms. The van der Waals surface area contributed by atoms with Gasteiger partial charge in [0.2, 0.25) is 10.0 Å². The van der Waals surface area contributed by atoms with Gasteiger partial charge in [-0.15, -0.1) is 0 Å². The molecule has 0 saturated heterocycles. The van der Waals surface area contributed by atoms with E-state index in [1.165, 1.54) is 0 Å². The van der Waals surface area contributed by atoms with Crippen LogP contribution in [0.5, 0.6) is 0 Å². The van der Waals surface area contributed by atoms with Crippen molar-refractivity contribution in [2.24, 2.45) is 5.92 Å². The van der Waals surface area contributed by atoms with E-state index in [-0.39, 0.29) is 6.04 Å². The van der Waals surface area contributed by atoms with Crippen LogP contribution in [0.2, 0.25) is 0 Å². The van der Waals surface area contributed by atoms with E-state index in [0.717, 1.165) is 25.0 Å². The minimum atomic E-state index is -3.38. The van der Waals surface area contributed by atoms with Gasteiger partial charge >= 0.3 is 0 Å². The Morgan fingerprint density at radius 1 is 1.45 bits per heavy atom. The van der Waals surface area contributed by atoms with Crippen molar-refractivity contribution in [1.29, 1.82) is 0 Å². The zero-order chi connectivity index (χ0) is 14.8. The van der Waals surface area contributed by atoms with Gasteiger partial charge in [-0.25, -0.2) is 13.1 Å². The third kappa shape index (κ3) is 4.07. The zero-order valence-electron chi connectivity index (χ0n) is 12.4. The fraction of sp³-hybridized carbons (Fsp3) is 0.714. The van der Waals surface area contributed by atoms with Gasteiger partial charge in [0.1, 0.15) is 0 Å². The third-order valence-corrected chi connectivity index (χ3v) is 5.09. The molecule has 114 valence electrons. The van der Waals surface area contributed by atoms with E-state index in [1.807, 2.05) is 0 Å². The molecule has 3 N–H and O–H groups in total. The molecular formula is C14H25N3O2S. The van der Waals surface area contributed by atoms with Crippen molar-refractivity contribution in [2.45, 2.75) is 63.6 Å². The van der Waals surface area contributed by atoms with Gasteiger partial charge in [0, 0.05) is 30.5 Å². The summed E-state index contributed by atoms with van der Waals surface area (Å²) in [6.07, 6.45) is 4.75. The van der Waals surface area contributed by atoms with Gasteiger partial charge in [-0.2, -0.15) is 0 Å². The molecule has 0 radical (unpaired) electrons. The topological polar surface area (TPSA) is 74.0 Å². The van der Waals surface area contributed by atoms with E-state index in [9.17, 15) is 8.42 Å². The van der Waals surface area contributed by atoms with Crippen molar-refractivity contribution in [1.82, 2.24) is 15.0 Å². The highest BCUT2D eigenvalue weighted by Crippen LogP contribution is 2.35. The Morgan fingerprint density at radius 3 is 2.85 bits per heavy atom. The molecular weight excluding hydrogens is 274 g/mol. The summed E-state index contributed by atoms with van der Waals surface area (Å²) in [6, 6.07) is 2.21.